The first-order valence-corrected chi connectivity index (χ1v) is 17.5. The third-order valence-electron chi connectivity index (χ3n) is 10.6. The molecule has 0 radical (unpaired) electrons. The Morgan fingerprint density at radius 3 is 1.35 bits per heavy atom. The number of benzene rings is 8. The second kappa shape index (κ2) is 10.8. The van der Waals surface area contributed by atoms with E-state index in [0.29, 0.717) is 0 Å². The summed E-state index contributed by atoms with van der Waals surface area (Å²) in [7, 11) is 0. The predicted molar refractivity (Wildman–Crippen MR) is 215 cm³/mol. The van der Waals surface area contributed by atoms with E-state index >= 15 is 0 Å². The van der Waals surface area contributed by atoms with Crippen molar-refractivity contribution in [1.29, 1.82) is 0 Å². The van der Waals surface area contributed by atoms with Gasteiger partial charge in [0.25, 0.3) is 0 Å². The van der Waals surface area contributed by atoms with Crippen LogP contribution in [0.3, 0.4) is 0 Å². The van der Waals surface area contributed by atoms with Crippen molar-refractivity contribution in [2.45, 2.75) is 0 Å². The molecule has 3 heterocycles. The molecular weight excluding hydrogens is 619 g/mol. The lowest BCUT2D eigenvalue weighted by atomic mass is 10.0. The van der Waals surface area contributed by atoms with Crippen molar-refractivity contribution in [2.24, 2.45) is 0 Å². The molecule has 0 aliphatic carbocycles. The SMILES string of the molecule is c1ccc(-c2cccc(-n3c4ccccc4c4ccc5c(c6ccccc6n5-c5ccc(-n6c7ccccc7c7ccccc76)cc5)c43)c2)cc1. The van der Waals surface area contributed by atoms with E-state index in [4.69, 9.17) is 0 Å². The molecule has 0 bridgehead atoms. The summed E-state index contributed by atoms with van der Waals surface area (Å²) in [5.41, 5.74) is 13.1. The Labute approximate surface area is 294 Å². The van der Waals surface area contributed by atoms with Crippen LogP contribution in [-0.4, -0.2) is 13.7 Å². The molecule has 238 valence electrons. The lowest BCUT2D eigenvalue weighted by molar-refractivity contribution is 1.14. The van der Waals surface area contributed by atoms with E-state index in [2.05, 4.69) is 202 Å². The van der Waals surface area contributed by atoms with Crippen molar-refractivity contribution in [2.75, 3.05) is 0 Å². The fraction of sp³-hybridized carbons (Fsp3) is 0. The van der Waals surface area contributed by atoms with Gasteiger partial charge in [-0.15, -0.1) is 0 Å². The highest BCUT2D eigenvalue weighted by atomic mass is 15.0. The topological polar surface area (TPSA) is 14.8 Å². The fourth-order valence-corrected chi connectivity index (χ4v) is 8.46. The minimum atomic E-state index is 1.14. The van der Waals surface area contributed by atoms with Crippen LogP contribution in [0.2, 0.25) is 0 Å². The van der Waals surface area contributed by atoms with Gasteiger partial charge in [-0.3, -0.25) is 0 Å². The average Bonchev–Trinajstić information content (AvgIpc) is 3.84. The van der Waals surface area contributed by atoms with E-state index in [9.17, 15) is 0 Å². The Morgan fingerprint density at radius 1 is 0.255 bits per heavy atom. The predicted octanol–water partition coefficient (Wildman–Crippen LogP) is 12.6. The summed E-state index contributed by atoms with van der Waals surface area (Å²) >= 11 is 0. The van der Waals surface area contributed by atoms with Gasteiger partial charge in [-0.25, -0.2) is 0 Å². The minimum absolute atomic E-state index is 1.14. The molecule has 0 saturated heterocycles. The monoisotopic (exact) mass is 649 g/mol. The van der Waals surface area contributed by atoms with Gasteiger partial charge in [0.1, 0.15) is 0 Å². The van der Waals surface area contributed by atoms with E-state index in [-0.39, 0.29) is 0 Å². The number of fused-ring (bicyclic) bond motifs is 10. The zero-order valence-corrected chi connectivity index (χ0v) is 27.7. The van der Waals surface area contributed by atoms with Gasteiger partial charge in [0, 0.05) is 49.4 Å². The van der Waals surface area contributed by atoms with Crippen molar-refractivity contribution >= 4 is 65.4 Å². The average molecular weight is 650 g/mol. The van der Waals surface area contributed by atoms with Crippen molar-refractivity contribution in [3.8, 4) is 28.2 Å². The zero-order chi connectivity index (χ0) is 33.5. The molecule has 0 fully saturated rings. The highest BCUT2D eigenvalue weighted by Crippen LogP contribution is 2.42. The number of hydrogen-bond acceptors (Lipinski definition) is 0. The van der Waals surface area contributed by atoms with E-state index in [1.54, 1.807) is 0 Å². The first kappa shape index (κ1) is 28.0. The van der Waals surface area contributed by atoms with Crippen LogP contribution in [0.15, 0.2) is 188 Å². The highest BCUT2D eigenvalue weighted by Gasteiger charge is 2.21. The molecule has 0 aliphatic heterocycles. The molecule has 0 aliphatic rings. The lowest BCUT2D eigenvalue weighted by Gasteiger charge is -2.12. The molecule has 3 nitrogen and oxygen atoms in total. The molecular formula is C48H31N3. The van der Waals surface area contributed by atoms with Crippen LogP contribution in [0.1, 0.15) is 0 Å². The summed E-state index contributed by atoms with van der Waals surface area (Å²) in [5, 5.41) is 7.56. The number of para-hydroxylation sites is 4. The van der Waals surface area contributed by atoms with Crippen molar-refractivity contribution in [3.05, 3.63) is 188 Å². The second-order valence-corrected chi connectivity index (χ2v) is 13.4. The number of aromatic nitrogens is 3. The van der Waals surface area contributed by atoms with Gasteiger partial charge in [0.2, 0.25) is 0 Å². The third-order valence-corrected chi connectivity index (χ3v) is 10.6. The maximum Gasteiger partial charge on any atom is 0.0641 e. The van der Waals surface area contributed by atoms with Crippen molar-refractivity contribution in [3.63, 3.8) is 0 Å². The van der Waals surface area contributed by atoms with Crippen LogP contribution in [0.5, 0.6) is 0 Å². The Bertz CT molecular complexity index is 3070. The molecule has 0 spiro atoms. The Kier molecular flexibility index (Phi) is 5.96. The van der Waals surface area contributed by atoms with Gasteiger partial charge in [-0.2, -0.15) is 0 Å². The second-order valence-electron chi connectivity index (χ2n) is 13.4. The third kappa shape index (κ3) is 4.06. The van der Waals surface area contributed by atoms with Gasteiger partial charge in [0.05, 0.1) is 33.1 Å². The van der Waals surface area contributed by atoms with Crippen LogP contribution in [-0.2, 0) is 0 Å². The van der Waals surface area contributed by atoms with Gasteiger partial charge in [0.15, 0.2) is 0 Å². The fourth-order valence-electron chi connectivity index (χ4n) is 8.46. The zero-order valence-electron chi connectivity index (χ0n) is 27.7. The molecule has 8 aromatic carbocycles. The summed E-state index contributed by atoms with van der Waals surface area (Å²) in [6.07, 6.45) is 0. The molecule has 0 saturated carbocycles. The normalized spacial score (nSPS) is 11.9. The van der Waals surface area contributed by atoms with Gasteiger partial charge >= 0.3 is 0 Å². The van der Waals surface area contributed by atoms with Crippen LogP contribution in [0, 0.1) is 0 Å². The Hall–Kier alpha value is -6.84. The van der Waals surface area contributed by atoms with Gasteiger partial charge in [-0.1, -0.05) is 121 Å². The maximum atomic E-state index is 2.47. The molecule has 0 amide bonds. The van der Waals surface area contributed by atoms with Crippen LogP contribution >= 0.6 is 0 Å². The van der Waals surface area contributed by atoms with Crippen LogP contribution in [0.25, 0.3) is 93.6 Å². The smallest absolute Gasteiger partial charge is 0.0641 e. The number of hydrogen-bond donors (Lipinski definition) is 0. The molecule has 11 rings (SSSR count). The first-order chi connectivity index (χ1) is 25.3. The van der Waals surface area contributed by atoms with Crippen molar-refractivity contribution in [1.82, 2.24) is 13.7 Å². The number of nitrogens with zero attached hydrogens (tertiary/aromatic N) is 3. The molecule has 0 N–H and O–H groups in total. The quantitative estimate of drug-likeness (QED) is 0.180. The first-order valence-electron chi connectivity index (χ1n) is 17.5. The van der Waals surface area contributed by atoms with Gasteiger partial charge in [-0.05, 0) is 77.9 Å². The summed E-state index contributed by atoms with van der Waals surface area (Å²) in [6.45, 7) is 0. The molecule has 11 aromatic rings. The molecule has 3 heteroatoms. The Morgan fingerprint density at radius 2 is 0.725 bits per heavy atom. The lowest BCUT2D eigenvalue weighted by Crippen LogP contribution is -1.97. The maximum absolute atomic E-state index is 2.47. The molecule has 0 unspecified atom stereocenters. The standard InChI is InChI=1S/C48H31N3/c1-2-13-32(14-3-1)33-15-12-16-36(31-33)51-44-23-10-6-19-39(44)40-29-30-46-47(48(40)51)41-20-7-11-24-45(41)50(46)35-27-25-34(26-28-35)49-42-21-8-4-17-37(42)38-18-5-9-22-43(38)49/h1-31H. The Balaban J connectivity index is 1.17. The molecule has 3 aromatic heterocycles. The molecule has 51 heavy (non-hydrogen) atoms. The minimum Gasteiger partial charge on any atom is -0.309 e. The summed E-state index contributed by atoms with van der Waals surface area (Å²) in [6, 6.07) is 68.4. The van der Waals surface area contributed by atoms with E-state index in [1.807, 2.05) is 0 Å². The highest BCUT2D eigenvalue weighted by molar-refractivity contribution is 6.26. The summed E-state index contributed by atoms with van der Waals surface area (Å²) in [4.78, 5) is 0. The van der Waals surface area contributed by atoms with Gasteiger partial charge < -0.3 is 13.7 Å². The van der Waals surface area contributed by atoms with E-state index in [0.717, 1.165) is 17.1 Å². The summed E-state index contributed by atoms with van der Waals surface area (Å²) < 4.78 is 7.29. The number of rotatable bonds is 4. The van der Waals surface area contributed by atoms with Crippen LogP contribution < -0.4 is 0 Å². The van der Waals surface area contributed by atoms with E-state index < -0.39 is 0 Å². The van der Waals surface area contributed by atoms with Crippen LogP contribution in [0.4, 0.5) is 0 Å². The summed E-state index contributed by atoms with van der Waals surface area (Å²) in [5.74, 6) is 0. The largest absolute Gasteiger partial charge is 0.309 e. The molecule has 0 atom stereocenters. The van der Waals surface area contributed by atoms with Crippen molar-refractivity contribution < 1.29 is 0 Å². The van der Waals surface area contributed by atoms with E-state index in [1.165, 1.54) is 76.5 Å².